The van der Waals surface area contributed by atoms with E-state index in [-0.39, 0.29) is 0 Å². The van der Waals surface area contributed by atoms with Gasteiger partial charge in [0, 0.05) is 28.9 Å². The molecule has 0 fully saturated rings. The molecule has 0 aliphatic rings. The first-order valence-electron chi connectivity index (χ1n) is 8.17. The summed E-state index contributed by atoms with van der Waals surface area (Å²) in [5.74, 6) is 0.939. The van der Waals surface area contributed by atoms with Crippen molar-refractivity contribution in [3.8, 4) is 22.6 Å². The molecule has 0 aliphatic heterocycles. The van der Waals surface area contributed by atoms with E-state index >= 15 is 0 Å². The van der Waals surface area contributed by atoms with Gasteiger partial charge in [-0.05, 0) is 42.0 Å². The lowest BCUT2D eigenvalue weighted by atomic mass is 10.1. The summed E-state index contributed by atoms with van der Waals surface area (Å²) in [6.07, 6.45) is 2.04. The van der Waals surface area contributed by atoms with Crippen LogP contribution in [0.3, 0.4) is 0 Å². The van der Waals surface area contributed by atoms with Crippen molar-refractivity contribution in [2.45, 2.75) is 13.5 Å². The quantitative estimate of drug-likeness (QED) is 0.394. The Bertz CT molecular complexity index is 1070. The lowest BCUT2D eigenvalue weighted by molar-refractivity contribution is 0.771. The number of aromatic nitrogens is 2. The first kappa shape index (κ1) is 16.2. The summed E-state index contributed by atoms with van der Waals surface area (Å²) in [6.45, 7) is 2.94. The molecular formula is C21H16Cl2N2. The number of halogens is 2. The number of nitrogens with zero attached hydrogens (tertiary/aromatic N) is 2. The standard InChI is InChI=1S/C21H16Cl2N2/c1-2-25-13-20(18-10-9-17(22)12-19(18)23)24-21(25)16-8-7-14-5-3-4-6-15(14)11-16/h3-13H,2H2,1H3. The average molecular weight is 367 g/mol. The molecule has 0 unspecified atom stereocenters. The van der Waals surface area contributed by atoms with E-state index in [0.29, 0.717) is 10.0 Å². The molecule has 0 saturated carbocycles. The fourth-order valence-corrected chi connectivity index (χ4v) is 3.55. The molecular weight excluding hydrogens is 351 g/mol. The molecule has 0 amide bonds. The summed E-state index contributed by atoms with van der Waals surface area (Å²) < 4.78 is 2.14. The highest BCUT2D eigenvalue weighted by Crippen LogP contribution is 2.32. The first-order valence-corrected chi connectivity index (χ1v) is 8.93. The van der Waals surface area contributed by atoms with Gasteiger partial charge in [-0.2, -0.15) is 0 Å². The van der Waals surface area contributed by atoms with Crippen LogP contribution in [-0.2, 0) is 6.54 Å². The van der Waals surface area contributed by atoms with Crippen molar-refractivity contribution in [1.29, 1.82) is 0 Å². The maximum Gasteiger partial charge on any atom is 0.140 e. The van der Waals surface area contributed by atoms with Gasteiger partial charge in [0.25, 0.3) is 0 Å². The van der Waals surface area contributed by atoms with Crippen molar-refractivity contribution < 1.29 is 0 Å². The van der Waals surface area contributed by atoms with Crippen molar-refractivity contribution in [2.75, 3.05) is 0 Å². The fraction of sp³-hybridized carbons (Fsp3) is 0.0952. The van der Waals surface area contributed by atoms with E-state index in [1.54, 1.807) is 6.07 Å². The van der Waals surface area contributed by atoms with Gasteiger partial charge in [-0.25, -0.2) is 4.98 Å². The molecule has 0 bridgehead atoms. The van der Waals surface area contributed by atoms with Crippen molar-refractivity contribution in [3.05, 3.63) is 76.9 Å². The summed E-state index contributed by atoms with van der Waals surface area (Å²) in [6, 6.07) is 20.3. The number of rotatable bonds is 3. The zero-order chi connectivity index (χ0) is 17.4. The molecule has 0 N–H and O–H groups in total. The number of aryl methyl sites for hydroxylation is 1. The number of hydrogen-bond acceptors (Lipinski definition) is 1. The monoisotopic (exact) mass is 366 g/mol. The molecule has 4 aromatic rings. The molecule has 1 aromatic heterocycles. The van der Waals surface area contributed by atoms with Crippen LogP contribution in [0.15, 0.2) is 66.9 Å². The van der Waals surface area contributed by atoms with E-state index in [2.05, 4.69) is 54.0 Å². The van der Waals surface area contributed by atoms with Gasteiger partial charge >= 0.3 is 0 Å². The van der Waals surface area contributed by atoms with Crippen LogP contribution in [0.25, 0.3) is 33.4 Å². The molecule has 0 atom stereocenters. The third-order valence-corrected chi connectivity index (χ3v) is 4.88. The maximum absolute atomic E-state index is 6.36. The Balaban J connectivity index is 1.85. The van der Waals surface area contributed by atoms with Crippen molar-refractivity contribution in [2.24, 2.45) is 0 Å². The average Bonchev–Trinajstić information content (AvgIpc) is 3.05. The van der Waals surface area contributed by atoms with Crippen molar-refractivity contribution in [3.63, 3.8) is 0 Å². The van der Waals surface area contributed by atoms with Gasteiger partial charge in [-0.15, -0.1) is 0 Å². The second-order valence-corrected chi connectivity index (χ2v) is 6.77. The Kier molecular flexibility index (Phi) is 4.24. The van der Waals surface area contributed by atoms with E-state index in [9.17, 15) is 0 Å². The van der Waals surface area contributed by atoms with Gasteiger partial charge in [0.1, 0.15) is 5.82 Å². The molecule has 25 heavy (non-hydrogen) atoms. The van der Waals surface area contributed by atoms with E-state index < -0.39 is 0 Å². The Hall–Kier alpha value is -2.29. The highest BCUT2D eigenvalue weighted by molar-refractivity contribution is 6.36. The minimum absolute atomic E-state index is 0.610. The Morgan fingerprint density at radius 2 is 1.72 bits per heavy atom. The highest BCUT2D eigenvalue weighted by atomic mass is 35.5. The van der Waals surface area contributed by atoms with Crippen LogP contribution < -0.4 is 0 Å². The van der Waals surface area contributed by atoms with Crippen LogP contribution >= 0.6 is 23.2 Å². The summed E-state index contributed by atoms with van der Waals surface area (Å²) in [5.41, 5.74) is 2.84. The van der Waals surface area contributed by atoms with Crippen LogP contribution in [0, 0.1) is 0 Å². The molecule has 0 aliphatic carbocycles. The van der Waals surface area contributed by atoms with Crippen LogP contribution in [0.4, 0.5) is 0 Å². The third-order valence-electron chi connectivity index (χ3n) is 4.33. The van der Waals surface area contributed by atoms with E-state index in [1.165, 1.54) is 10.8 Å². The van der Waals surface area contributed by atoms with Crippen molar-refractivity contribution >= 4 is 34.0 Å². The smallest absolute Gasteiger partial charge is 0.140 e. The van der Waals surface area contributed by atoms with Crippen LogP contribution in [0.2, 0.25) is 10.0 Å². The van der Waals surface area contributed by atoms with Gasteiger partial charge in [0.2, 0.25) is 0 Å². The fourth-order valence-electron chi connectivity index (χ4n) is 3.04. The van der Waals surface area contributed by atoms with Gasteiger partial charge in [-0.3, -0.25) is 0 Å². The minimum Gasteiger partial charge on any atom is -0.331 e. The second-order valence-electron chi connectivity index (χ2n) is 5.92. The third kappa shape index (κ3) is 3.04. The Morgan fingerprint density at radius 1 is 0.920 bits per heavy atom. The number of fused-ring (bicyclic) bond motifs is 1. The number of hydrogen-bond donors (Lipinski definition) is 0. The van der Waals surface area contributed by atoms with E-state index in [4.69, 9.17) is 28.2 Å². The van der Waals surface area contributed by atoms with Gasteiger partial charge in [0.05, 0.1) is 10.7 Å². The zero-order valence-electron chi connectivity index (χ0n) is 13.7. The van der Waals surface area contributed by atoms with Crippen LogP contribution in [0.5, 0.6) is 0 Å². The van der Waals surface area contributed by atoms with Crippen molar-refractivity contribution in [1.82, 2.24) is 9.55 Å². The summed E-state index contributed by atoms with van der Waals surface area (Å²) in [5, 5.41) is 3.66. The SMILES string of the molecule is CCn1cc(-c2ccc(Cl)cc2Cl)nc1-c1ccc2ccccc2c1. The molecule has 124 valence electrons. The van der Waals surface area contributed by atoms with Gasteiger partial charge in [-0.1, -0.05) is 59.6 Å². The molecule has 4 rings (SSSR count). The first-order chi connectivity index (χ1) is 12.2. The lowest BCUT2D eigenvalue weighted by Crippen LogP contribution is -1.95. The topological polar surface area (TPSA) is 17.8 Å². The van der Waals surface area contributed by atoms with E-state index in [0.717, 1.165) is 29.2 Å². The van der Waals surface area contributed by atoms with E-state index in [1.807, 2.05) is 18.3 Å². The summed E-state index contributed by atoms with van der Waals surface area (Å²) in [7, 11) is 0. The highest BCUT2D eigenvalue weighted by Gasteiger charge is 2.13. The molecule has 0 spiro atoms. The molecule has 1 heterocycles. The predicted molar refractivity (Wildman–Crippen MR) is 106 cm³/mol. The molecule has 2 nitrogen and oxygen atoms in total. The number of benzene rings is 3. The summed E-state index contributed by atoms with van der Waals surface area (Å²) in [4.78, 5) is 4.85. The zero-order valence-corrected chi connectivity index (χ0v) is 15.2. The molecule has 0 saturated heterocycles. The normalized spacial score (nSPS) is 11.2. The van der Waals surface area contributed by atoms with Crippen LogP contribution in [0.1, 0.15) is 6.92 Å². The lowest BCUT2D eigenvalue weighted by Gasteiger charge is -2.06. The summed E-state index contributed by atoms with van der Waals surface area (Å²) >= 11 is 12.4. The molecule has 0 radical (unpaired) electrons. The van der Waals surface area contributed by atoms with Gasteiger partial charge in [0.15, 0.2) is 0 Å². The Morgan fingerprint density at radius 3 is 2.48 bits per heavy atom. The van der Waals surface area contributed by atoms with Gasteiger partial charge < -0.3 is 4.57 Å². The van der Waals surface area contributed by atoms with Crippen LogP contribution in [-0.4, -0.2) is 9.55 Å². The maximum atomic E-state index is 6.36. The number of imidazole rings is 1. The Labute approximate surface area is 156 Å². The minimum atomic E-state index is 0.610. The second kappa shape index (κ2) is 6.55. The molecule has 4 heteroatoms. The predicted octanol–water partition coefficient (Wildman–Crippen LogP) is 6.70. The largest absolute Gasteiger partial charge is 0.331 e. The molecule has 3 aromatic carbocycles.